The largest absolute Gasteiger partial charge is 0.298 e. The highest BCUT2D eigenvalue weighted by molar-refractivity contribution is 7.80. The fourth-order valence-electron chi connectivity index (χ4n) is 2.67. The highest BCUT2D eigenvalue weighted by Gasteiger charge is 2.34. The first-order valence-corrected chi connectivity index (χ1v) is 8.70. The van der Waals surface area contributed by atoms with Crippen molar-refractivity contribution < 1.29 is 9.59 Å². The Hall–Kier alpha value is -3.16. The third kappa shape index (κ3) is 3.30. The number of aromatic nitrogens is 2. The second-order valence-electron chi connectivity index (χ2n) is 5.72. The lowest BCUT2D eigenvalue weighted by Gasteiger charge is -2.28. The molecular formula is C19H11ClN4O2S. The predicted octanol–water partition coefficient (Wildman–Crippen LogP) is 3.11. The van der Waals surface area contributed by atoms with Gasteiger partial charge < -0.3 is 0 Å². The fourth-order valence-corrected chi connectivity index (χ4v) is 3.08. The molecule has 0 spiro atoms. The van der Waals surface area contributed by atoms with Crippen molar-refractivity contribution >= 4 is 63.5 Å². The molecule has 27 heavy (non-hydrogen) atoms. The summed E-state index contributed by atoms with van der Waals surface area (Å²) in [5.41, 5.74) is 2.22. The molecule has 8 heteroatoms. The number of amides is 2. The number of nitrogens with zero attached hydrogens (tertiary/aromatic N) is 3. The monoisotopic (exact) mass is 394 g/mol. The maximum Gasteiger partial charge on any atom is 0.270 e. The number of nitrogens with one attached hydrogen (secondary N) is 1. The van der Waals surface area contributed by atoms with Crippen LogP contribution in [0.4, 0.5) is 5.69 Å². The molecule has 0 atom stereocenters. The molecule has 2 amide bonds. The highest BCUT2D eigenvalue weighted by atomic mass is 35.5. The average molecular weight is 395 g/mol. The van der Waals surface area contributed by atoms with Crippen LogP contribution >= 0.6 is 23.8 Å². The Kier molecular flexibility index (Phi) is 4.39. The van der Waals surface area contributed by atoms with Gasteiger partial charge in [0.2, 0.25) is 0 Å². The number of carbonyl (C=O) groups excluding carboxylic acids is 2. The molecular weight excluding hydrogens is 384 g/mol. The van der Waals surface area contributed by atoms with E-state index in [1.54, 1.807) is 24.3 Å². The van der Waals surface area contributed by atoms with Gasteiger partial charge in [0, 0.05) is 5.02 Å². The average Bonchev–Trinajstić information content (AvgIpc) is 2.66. The van der Waals surface area contributed by atoms with Gasteiger partial charge in [-0.1, -0.05) is 23.7 Å². The van der Waals surface area contributed by atoms with Crippen LogP contribution in [0.1, 0.15) is 5.69 Å². The minimum absolute atomic E-state index is 0.00840. The molecule has 2 aromatic carbocycles. The van der Waals surface area contributed by atoms with Crippen molar-refractivity contribution in [1.29, 1.82) is 0 Å². The van der Waals surface area contributed by atoms with Crippen LogP contribution in [-0.2, 0) is 9.59 Å². The molecule has 1 fully saturated rings. The Morgan fingerprint density at radius 3 is 2.48 bits per heavy atom. The van der Waals surface area contributed by atoms with Gasteiger partial charge in [0.1, 0.15) is 5.57 Å². The standard InChI is InChI=1S/C19H11ClN4O2S/c20-11-5-7-13(8-6-11)24-18(26)14(17(25)23-19(24)27)9-12-10-21-15-3-1-2-4-16(15)22-12/h1-10H,(H,23,25,27)/b14-9-. The van der Waals surface area contributed by atoms with E-state index in [9.17, 15) is 9.59 Å². The Labute approximate surface area is 164 Å². The molecule has 1 N–H and O–H groups in total. The van der Waals surface area contributed by atoms with E-state index < -0.39 is 11.8 Å². The quantitative estimate of drug-likeness (QED) is 0.410. The number of halogens is 1. The molecule has 0 aliphatic carbocycles. The van der Waals surface area contributed by atoms with Crippen molar-refractivity contribution in [2.75, 3.05) is 4.90 Å². The van der Waals surface area contributed by atoms with E-state index in [0.717, 1.165) is 5.52 Å². The van der Waals surface area contributed by atoms with E-state index in [1.807, 2.05) is 24.3 Å². The number of fused-ring (bicyclic) bond motifs is 1. The molecule has 2 heterocycles. The molecule has 0 saturated carbocycles. The summed E-state index contributed by atoms with van der Waals surface area (Å²) in [7, 11) is 0. The van der Waals surface area contributed by atoms with Gasteiger partial charge in [0.05, 0.1) is 28.6 Å². The molecule has 132 valence electrons. The van der Waals surface area contributed by atoms with Crippen LogP contribution in [0.2, 0.25) is 5.02 Å². The molecule has 0 bridgehead atoms. The first kappa shape index (κ1) is 17.3. The number of carbonyl (C=O) groups is 2. The Morgan fingerprint density at radius 1 is 1.04 bits per heavy atom. The Balaban J connectivity index is 1.74. The van der Waals surface area contributed by atoms with E-state index in [0.29, 0.717) is 21.9 Å². The summed E-state index contributed by atoms with van der Waals surface area (Å²) in [6, 6.07) is 13.9. The van der Waals surface area contributed by atoms with E-state index in [2.05, 4.69) is 15.3 Å². The highest BCUT2D eigenvalue weighted by Crippen LogP contribution is 2.23. The van der Waals surface area contributed by atoms with Crippen molar-refractivity contribution in [3.05, 3.63) is 71.0 Å². The molecule has 4 rings (SSSR count). The zero-order valence-corrected chi connectivity index (χ0v) is 15.3. The van der Waals surface area contributed by atoms with E-state index >= 15 is 0 Å². The van der Waals surface area contributed by atoms with Crippen LogP contribution in [0.3, 0.4) is 0 Å². The van der Waals surface area contributed by atoms with Gasteiger partial charge >= 0.3 is 0 Å². The summed E-state index contributed by atoms with van der Waals surface area (Å²) in [6.07, 6.45) is 2.91. The van der Waals surface area contributed by atoms with Crippen LogP contribution < -0.4 is 10.2 Å². The number of hydrogen-bond acceptors (Lipinski definition) is 5. The number of anilines is 1. The second kappa shape index (κ2) is 6.86. The molecule has 0 unspecified atom stereocenters. The molecule has 0 radical (unpaired) electrons. The topological polar surface area (TPSA) is 75.2 Å². The SMILES string of the molecule is O=C1NC(=S)N(c2ccc(Cl)cc2)C(=O)/C1=C\c1cnc2ccccc2n1. The number of hydrogen-bond donors (Lipinski definition) is 1. The zero-order valence-electron chi connectivity index (χ0n) is 13.7. The molecule has 1 saturated heterocycles. The smallest absolute Gasteiger partial charge is 0.270 e. The van der Waals surface area contributed by atoms with E-state index in [1.165, 1.54) is 17.2 Å². The van der Waals surface area contributed by atoms with Crippen LogP contribution in [-0.4, -0.2) is 26.9 Å². The van der Waals surface area contributed by atoms with Gasteiger partial charge in [0.25, 0.3) is 11.8 Å². The van der Waals surface area contributed by atoms with Gasteiger partial charge in [-0.25, -0.2) is 4.98 Å². The summed E-state index contributed by atoms with van der Waals surface area (Å²) in [5.74, 6) is -1.12. The Morgan fingerprint density at radius 2 is 1.74 bits per heavy atom. The maximum atomic E-state index is 12.9. The third-order valence-corrected chi connectivity index (χ3v) is 4.48. The number of rotatable bonds is 2. The van der Waals surface area contributed by atoms with E-state index in [4.69, 9.17) is 23.8 Å². The van der Waals surface area contributed by atoms with E-state index in [-0.39, 0.29) is 10.7 Å². The Bertz CT molecular complexity index is 1130. The number of benzene rings is 2. The first-order valence-electron chi connectivity index (χ1n) is 7.92. The first-order chi connectivity index (χ1) is 13.0. The predicted molar refractivity (Wildman–Crippen MR) is 107 cm³/mol. The molecule has 3 aromatic rings. The second-order valence-corrected chi connectivity index (χ2v) is 6.54. The van der Waals surface area contributed by atoms with Crippen LogP contribution in [0.15, 0.2) is 60.3 Å². The van der Waals surface area contributed by atoms with Gasteiger partial charge in [0.15, 0.2) is 5.11 Å². The third-order valence-electron chi connectivity index (χ3n) is 3.95. The number of thiocarbonyl (C=S) groups is 1. The molecule has 1 aliphatic heterocycles. The maximum absolute atomic E-state index is 12.9. The molecule has 1 aromatic heterocycles. The summed E-state index contributed by atoms with van der Waals surface area (Å²) in [6.45, 7) is 0. The lowest BCUT2D eigenvalue weighted by atomic mass is 10.1. The van der Waals surface area contributed by atoms with Crippen LogP contribution in [0.5, 0.6) is 0 Å². The van der Waals surface area contributed by atoms with Crippen molar-refractivity contribution in [1.82, 2.24) is 15.3 Å². The molecule has 1 aliphatic rings. The van der Waals surface area contributed by atoms with Crippen molar-refractivity contribution in [2.24, 2.45) is 0 Å². The summed E-state index contributed by atoms with van der Waals surface area (Å²) >= 11 is 11.1. The van der Waals surface area contributed by atoms with Gasteiger partial charge in [-0.15, -0.1) is 0 Å². The minimum Gasteiger partial charge on any atom is -0.298 e. The normalized spacial score (nSPS) is 16.1. The van der Waals surface area contributed by atoms with Crippen LogP contribution in [0.25, 0.3) is 17.1 Å². The lowest BCUT2D eigenvalue weighted by Crippen LogP contribution is -2.54. The van der Waals surface area contributed by atoms with Gasteiger partial charge in [-0.05, 0) is 54.7 Å². The lowest BCUT2D eigenvalue weighted by molar-refractivity contribution is -0.122. The summed E-state index contributed by atoms with van der Waals surface area (Å²) in [4.78, 5) is 35.2. The van der Waals surface area contributed by atoms with Crippen molar-refractivity contribution in [3.63, 3.8) is 0 Å². The van der Waals surface area contributed by atoms with Gasteiger partial charge in [-0.2, -0.15) is 0 Å². The van der Waals surface area contributed by atoms with Crippen molar-refractivity contribution in [2.45, 2.75) is 0 Å². The minimum atomic E-state index is -0.579. The zero-order chi connectivity index (χ0) is 19.0. The fraction of sp³-hybridized carbons (Fsp3) is 0. The molecule has 6 nitrogen and oxygen atoms in total. The summed E-state index contributed by atoms with van der Waals surface area (Å²) in [5, 5.41) is 3.07. The summed E-state index contributed by atoms with van der Waals surface area (Å²) < 4.78 is 0. The number of para-hydroxylation sites is 2. The van der Waals surface area contributed by atoms with Crippen LogP contribution in [0, 0.1) is 0 Å². The van der Waals surface area contributed by atoms with Gasteiger partial charge in [-0.3, -0.25) is 24.8 Å². The van der Waals surface area contributed by atoms with Crippen molar-refractivity contribution in [3.8, 4) is 0 Å².